The van der Waals surface area contributed by atoms with Gasteiger partial charge in [-0.1, -0.05) is 70.0 Å². The van der Waals surface area contributed by atoms with Gasteiger partial charge in [0.1, 0.15) is 5.60 Å². The third-order valence-electron chi connectivity index (χ3n) is 6.86. The number of ether oxygens (including phenoxy) is 2. The van der Waals surface area contributed by atoms with Gasteiger partial charge in [0, 0.05) is 11.8 Å². The fraction of sp³-hybridized carbons (Fsp3) is 0.593. The van der Waals surface area contributed by atoms with Crippen molar-refractivity contribution < 1.29 is 23.8 Å². The lowest BCUT2D eigenvalue weighted by atomic mass is 9.68. The van der Waals surface area contributed by atoms with Crippen molar-refractivity contribution in [3.63, 3.8) is 0 Å². The van der Waals surface area contributed by atoms with Gasteiger partial charge in [0.15, 0.2) is 8.32 Å². The normalized spacial score (nSPS) is 27.9. The molecule has 5 nitrogen and oxygen atoms in total. The van der Waals surface area contributed by atoms with Gasteiger partial charge in [-0.2, -0.15) is 0 Å². The lowest BCUT2D eigenvalue weighted by molar-refractivity contribution is -0.155. The van der Waals surface area contributed by atoms with Gasteiger partial charge in [0.2, 0.25) is 0 Å². The van der Waals surface area contributed by atoms with Crippen molar-refractivity contribution in [2.75, 3.05) is 6.61 Å². The molecule has 1 saturated carbocycles. The molecule has 1 aromatic carbocycles. The van der Waals surface area contributed by atoms with Crippen molar-refractivity contribution >= 4 is 14.3 Å². The molecule has 182 valence electrons. The highest BCUT2D eigenvalue weighted by Crippen LogP contribution is 2.45. The molecule has 1 aliphatic carbocycles. The first-order chi connectivity index (χ1) is 15.3. The largest absolute Gasteiger partial charge is 0.456 e. The molecule has 0 aromatic heterocycles. The Balaban J connectivity index is 2.43. The molecule has 1 N–H and O–H groups in total. The van der Waals surface area contributed by atoms with Crippen LogP contribution < -0.4 is 0 Å². The molecule has 0 spiro atoms. The van der Waals surface area contributed by atoms with E-state index in [1.807, 2.05) is 37.3 Å². The monoisotopic (exact) mass is 472 g/mol. The zero-order valence-electron chi connectivity index (χ0n) is 21.2. The molecule has 5 atom stereocenters. The van der Waals surface area contributed by atoms with Crippen molar-refractivity contribution in [2.45, 2.75) is 83.6 Å². The van der Waals surface area contributed by atoms with Gasteiger partial charge >= 0.3 is 5.97 Å². The van der Waals surface area contributed by atoms with E-state index in [2.05, 4.69) is 52.3 Å². The van der Waals surface area contributed by atoms with Gasteiger partial charge < -0.3 is 19.0 Å². The molecule has 1 aliphatic rings. The molecule has 2 rings (SSSR count). The molecule has 0 aliphatic heterocycles. The first kappa shape index (κ1) is 27.3. The highest BCUT2D eigenvalue weighted by Gasteiger charge is 2.53. The second-order valence-electron chi connectivity index (χ2n) is 10.4. The lowest BCUT2D eigenvalue weighted by Crippen LogP contribution is -2.60. The second kappa shape index (κ2) is 11.0. The van der Waals surface area contributed by atoms with Gasteiger partial charge in [-0.15, -0.1) is 6.58 Å². The van der Waals surface area contributed by atoms with Crippen LogP contribution in [0.25, 0.3) is 0 Å². The quantitative estimate of drug-likeness (QED) is 0.197. The van der Waals surface area contributed by atoms with Gasteiger partial charge in [0.05, 0.1) is 25.4 Å². The second-order valence-corrected chi connectivity index (χ2v) is 15.2. The molecule has 0 radical (unpaired) electrons. The summed E-state index contributed by atoms with van der Waals surface area (Å²) in [5, 5.41) is 11.6. The van der Waals surface area contributed by atoms with E-state index < -0.39 is 31.9 Å². The van der Waals surface area contributed by atoms with Crippen molar-refractivity contribution in [3.8, 4) is 11.8 Å². The van der Waals surface area contributed by atoms with Crippen LogP contribution in [0.1, 0.15) is 46.6 Å². The summed E-state index contributed by atoms with van der Waals surface area (Å²) < 4.78 is 18.2. The molecular weight excluding hydrogens is 432 g/mol. The highest BCUT2D eigenvalue weighted by atomic mass is 28.4. The van der Waals surface area contributed by atoms with Crippen molar-refractivity contribution in [1.82, 2.24) is 0 Å². The fourth-order valence-electron chi connectivity index (χ4n) is 4.00. The molecule has 0 bridgehead atoms. The van der Waals surface area contributed by atoms with E-state index in [4.69, 9.17) is 13.9 Å². The van der Waals surface area contributed by atoms with Crippen LogP contribution in [-0.4, -0.2) is 43.8 Å². The van der Waals surface area contributed by atoms with E-state index in [9.17, 15) is 9.90 Å². The average Bonchev–Trinajstić information content (AvgIpc) is 2.73. The smallest absolute Gasteiger partial charge is 0.384 e. The highest BCUT2D eigenvalue weighted by molar-refractivity contribution is 6.74. The topological polar surface area (TPSA) is 65.0 Å². The molecule has 33 heavy (non-hydrogen) atoms. The summed E-state index contributed by atoms with van der Waals surface area (Å²) in [6, 6.07) is 9.92. The van der Waals surface area contributed by atoms with Crippen LogP contribution in [0.3, 0.4) is 0 Å². The van der Waals surface area contributed by atoms with E-state index in [-0.39, 0.29) is 23.7 Å². The minimum atomic E-state index is -2.13. The summed E-state index contributed by atoms with van der Waals surface area (Å²) in [7, 11) is -2.13. The third kappa shape index (κ3) is 6.80. The third-order valence-corrected chi connectivity index (χ3v) is 11.3. The molecule has 6 heteroatoms. The zero-order valence-corrected chi connectivity index (χ0v) is 22.2. The summed E-state index contributed by atoms with van der Waals surface area (Å²) in [6.07, 6.45) is 1.33. The van der Waals surface area contributed by atoms with Crippen LogP contribution in [0.5, 0.6) is 0 Å². The SMILES string of the molecule is C=C[C@H]1[C@@H](OCc2ccccc2)[C@H](O[Si](C)(C)C(C)(C)C)[C@H](C)C[C@]1(O)C#CC(=O)OCC. The number of esters is 1. The molecule has 0 unspecified atom stereocenters. The number of hydrogen-bond acceptors (Lipinski definition) is 5. The maximum absolute atomic E-state index is 11.9. The van der Waals surface area contributed by atoms with Crippen LogP contribution in [0.4, 0.5) is 0 Å². The number of carbonyl (C=O) groups is 1. The first-order valence-corrected chi connectivity index (χ1v) is 14.6. The Morgan fingerprint density at radius 2 is 1.91 bits per heavy atom. The minimum absolute atomic E-state index is 0.0256. The van der Waals surface area contributed by atoms with Gasteiger partial charge in [-0.05, 0) is 43.0 Å². The summed E-state index contributed by atoms with van der Waals surface area (Å²) >= 11 is 0. The Labute approximate surface area is 200 Å². The van der Waals surface area contributed by atoms with E-state index >= 15 is 0 Å². The Hall–Kier alpha value is -1.91. The first-order valence-electron chi connectivity index (χ1n) is 11.7. The molecule has 0 saturated heterocycles. The van der Waals surface area contributed by atoms with Crippen LogP contribution >= 0.6 is 0 Å². The number of benzene rings is 1. The predicted molar refractivity (Wildman–Crippen MR) is 134 cm³/mol. The zero-order chi connectivity index (χ0) is 24.9. The van der Waals surface area contributed by atoms with Gasteiger partial charge in [-0.25, -0.2) is 4.79 Å². The van der Waals surface area contributed by atoms with Crippen molar-refractivity contribution in [3.05, 3.63) is 48.6 Å². The summed E-state index contributed by atoms with van der Waals surface area (Å²) in [6.45, 7) is 19.4. The van der Waals surface area contributed by atoms with E-state index in [1.165, 1.54) is 0 Å². The van der Waals surface area contributed by atoms with Crippen molar-refractivity contribution in [1.29, 1.82) is 0 Å². The Morgan fingerprint density at radius 3 is 2.45 bits per heavy atom. The molecule has 1 aromatic rings. The standard InChI is InChI=1S/C27H40O5Si/c1-9-22-25(31-19-21-14-12-11-13-15-21)24(32-33(7,8)26(4,5)6)20(3)18-27(22,29)17-16-23(28)30-10-2/h9,11-15,20,22,24-25,29H,1,10,18-19H2,2-8H3/t20-,22+,24-,25-,27-/m1/s1. The van der Waals surface area contributed by atoms with E-state index in [1.54, 1.807) is 13.0 Å². The Morgan fingerprint density at radius 1 is 1.27 bits per heavy atom. The summed E-state index contributed by atoms with van der Waals surface area (Å²) in [5.41, 5.74) is -0.437. The minimum Gasteiger partial charge on any atom is -0.456 e. The van der Waals surface area contributed by atoms with Gasteiger partial charge in [-0.3, -0.25) is 0 Å². The molecule has 0 amide bonds. The molecule has 0 heterocycles. The average molecular weight is 473 g/mol. The summed E-state index contributed by atoms with van der Waals surface area (Å²) in [5.74, 6) is 4.03. The van der Waals surface area contributed by atoms with Crippen molar-refractivity contribution in [2.24, 2.45) is 11.8 Å². The predicted octanol–water partition coefficient (Wildman–Crippen LogP) is 5.10. The molecular formula is C27H40O5Si. The lowest BCUT2D eigenvalue weighted by Gasteiger charge is -2.51. The molecule has 1 fully saturated rings. The Bertz CT molecular complexity index is 864. The fourth-order valence-corrected chi connectivity index (χ4v) is 5.40. The maximum atomic E-state index is 11.9. The number of carbonyl (C=O) groups excluding carboxylic acids is 1. The Kier molecular flexibility index (Phi) is 9.12. The number of hydrogen-bond donors (Lipinski definition) is 1. The van der Waals surface area contributed by atoms with Crippen LogP contribution in [0, 0.1) is 23.7 Å². The van der Waals surface area contributed by atoms with Crippen LogP contribution in [0.2, 0.25) is 18.1 Å². The summed E-state index contributed by atoms with van der Waals surface area (Å²) in [4.78, 5) is 11.9. The maximum Gasteiger partial charge on any atom is 0.384 e. The van der Waals surface area contributed by atoms with Crippen LogP contribution in [-0.2, 0) is 25.3 Å². The number of rotatable bonds is 7. The van der Waals surface area contributed by atoms with E-state index in [0.717, 1.165) is 5.56 Å². The van der Waals surface area contributed by atoms with Gasteiger partial charge in [0.25, 0.3) is 0 Å². The number of aliphatic hydroxyl groups is 1. The van der Waals surface area contributed by atoms with E-state index in [0.29, 0.717) is 13.0 Å². The van der Waals surface area contributed by atoms with Crippen LogP contribution in [0.15, 0.2) is 43.0 Å².